The Morgan fingerprint density at radius 3 is 2.65 bits per heavy atom. The summed E-state index contributed by atoms with van der Waals surface area (Å²) in [5, 5.41) is 0.747. The average molecular weight is 373 g/mol. The number of benzene rings is 1. The minimum atomic E-state index is -0.284. The summed E-state index contributed by atoms with van der Waals surface area (Å²) < 4.78 is 15.2. The van der Waals surface area contributed by atoms with Gasteiger partial charge in [0.15, 0.2) is 5.16 Å². The Kier molecular flexibility index (Phi) is 5.02. The van der Waals surface area contributed by atoms with Gasteiger partial charge in [-0.15, -0.1) is 0 Å². The van der Waals surface area contributed by atoms with Gasteiger partial charge in [0.05, 0.1) is 6.20 Å². The molecule has 26 heavy (non-hydrogen) atoms. The summed E-state index contributed by atoms with van der Waals surface area (Å²) in [7, 11) is 0. The second kappa shape index (κ2) is 7.43. The number of nitrogens with zero attached hydrogens (tertiary/aromatic N) is 3. The van der Waals surface area contributed by atoms with Crippen LogP contribution < -0.4 is 0 Å². The molecule has 4 nitrogen and oxygen atoms in total. The number of aromatic nitrogens is 2. The number of likely N-dealkylation sites (tertiary alicyclic amines) is 1. The molecule has 4 rings (SSSR count). The smallest absolute Gasteiger partial charge is 0.272 e. The standard InChI is InChI=1S/C20H24FN3OS/c1-26-20-22-13-18(24(20)16-10-8-15(21)9-11-16)19(25)23-12-4-6-14-5-2-3-7-17(14)23/h8-11,13-14,17H,2-7,12H2,1H3. The quantitative estimate of drug-likeness (QED) is 0.742. The first kappa shape index (κ1) is 17.6. The van der Waals surface area contributed by atoms with Gasteiger partial charge in [0.25, 0.3) is 5.91 Å². The normalized spacial score (nSPS) is 22.9. The Labute approximate surface area is 157 Å². The lowest BCUT2D eigenvalue weighted by atomic mass is 9.78. The van der Waals surface area contributed by atoms with Crippen molar-refractivity contribution in [2.45, 2.75) is 49.7 Å². The largest absolute Gasteiger partial charge is 0.334 e. The SMILES string of the molecule is CSc1ncc(C(=O)N2CCCC3CCCCC32)n1-c1ccc(F)cc1. The van der Waals surface area contributed by atoms with Gasteiger partial charge >= 0.3 is 0 Å². The number of amides is 1. The number of hydrogen-bond acceptors (Lipinski definition) is 3. The van der Waals surface area contributed by atoms with Crippen molar-refractivity contribution in [2.24, 2.45) is 5.92 Å². The van der Waals surface area contributed by atoms with Crippen LogP contribution in [-0.2, 0) is 0 Å². The van der Waals surface area contributed by atoms with Gasteiger partial charge in [-0.25, -0.2) is 9.37 Å². The van der Waals surface area contributed by atoms with E-state index in [0.717, 1.165) is 30.2 Å². The van der Waals surface area contributed by atoms with E-state index in [-0.39, 0.29) is 11.7 Å². The van der Waals surface area contributed by atoms with Gasteiger partial charge in [0.2, 0.25) is 0 Å². The molecule has 1 aliphatic carbocycles. The predicted octanol–water partition coefficient (Wildman–Crippen LogP) is 4.53. The Hall–Kier alpha value is -1.82. The molecular weight excluding hydrogens is 349 g/mol. The highest BCUT2D eigenvalue weighted by Gasteiger charge is 2.37. The molecule has 0 spiro atoms. The maximum atomic E-state index is 13.4. The van der Waals surface area contributed by atoms with Crippen molar-refractivity contribution in [2.75, 3.05) is 12.8 Å². The van der Waals surface area contributed by atoms with Crippen molar-refractivity contribution < 1.29 is 9.18 Å². The van der Waals surface area contributed by atoms with E-state index in [0.29, 0.717) is 17.7 Å². The second-order valence-corrected chi connectivity index (χ2v) is 7.97. The molecule has 2 heterocycles. The zero-order chi connectivity index (χ0) is 18.1. The molecule has 1 aliphatic heterocycles. The van der Waals surface area contributed by atoms with Crippen molar-refractivity contribution in [3.8, 4) is 5.69 Å². The molecule has 1 saturated carbocycles. The van der Waals surface area contributed by atoms with E-state index in [1.165, 1.54) is 49.6 Å². The number of halogens is 1. The number of hydrogen-bond donors (Lipinski definition) is 0. The van der Waals surface area contributed by atoms with Crippen LogP contribution in [0.3, 0.4) is 0 Å². The van der Waals surface area contributed by atoms with Crippen molar-refractivity contribution in [1.82, 2.24) is 14.5 Å². The molecule has 1 aromatic heterocycles. The molecule has 0 N–H and O–H groups in total. The van der Waals surface area contributed by atoms with Gasteiger partial charge < -0.3 is 4.90 Å². The number of carbonyl (C=O) groups is 1. The van der Waals surface area contributed by atoms with E-state index in [4.69, 9.17) is 0 Å². The molecule has 6 heteroatoms. The molecular formula is C20H24FN3OS. The van der Waals surface area contributed by atoms with Crippen LogP contribution in [0.5, 0.6) is 0 Å². The minimum absolute atomic E-state index is 0.0544. The summed E-state index contributed by atoms with van der Waals surface area (Å²) in [6, 6.07) is 6.61. The van der Waals surface area contributed by atoms with Gasteiger partial charge in [0.1, 0.15) is 11.5 Å². The lowest BCUT2D eigenvalue weighted by Gasteiger charge is -2.44. The molecule has 1 amide bonds. The zero-order valence-corrected chi connectivity index (χ0v) is 15.8. The predicted molar refractivity (Wildman–Crippen MR) is 101 cm³/mol. The average Bonchev–Trinajstić information content (AvgIpc) is 3.11. The Balaban J connectivity index is 1.70. The first-order chi connectivity index (χ1) is 12.7. The van der Waals surface area contributed by atoms with Gasteiger partial charge in [0, 0.05) is 18.3 Å². The van der Waals surface area contributed by atoms with Crippen LogP contribution in [0.4, 0.5) is 4.39 Å². The fraction of sp³-hybridized carbons (Fsp3) is 0.500. The van der Waals surface area contributed by atoms with Crippen molar-refractivity contribution in [3.63, 3.8) is 0 Å². The highest BCUT2D eigenvalue weighted by Crippen LogP contribution is 2.36. The zero-order valence-electron chi connectivity index (χ0n) is 15.0. The van der Waals surface area contributed by atoms with Crippen molar-refractivity contribution in [3.05, 3.63) is 42.0 Å². The molecule has 2 aromatic rings. The fourth-order valence-electron chi connectivity index (χ4n) is 4.49. The van der Waals surface area contributed by atoms with E-state index in [1.54, 1.807) is 18.3 Å². The molecule has 2 atom stereocenters. The summed E-state index contributed by atoms with van der Waals surface area (Å²) in [6.07, 6.45) is 10.8. The maximum Gasteiger partial charge on any atom is 0.272 e. The molecule has 2 fully saturated rings. The summed E-state index contributed by atoms with van der Waals surface area (Å²) in [5.41, 5.74) is 1.35. The van der Waals surface area contributed by atoms with Crippen LogP contribution in [0.25, 0.3) is 5.69 Å². The van der Waals surface area contributed by atoms with Gasteiger partial charge in [-0.1, -0.05) is 24.6 Å². The van der Waals surface area contributed by atoms with E-state index in [2.05, 4.69) is 9.88 Å². The Morgan fingerprint density at radius 1 is 1.15 bits per heavy atom. The van der Waals surface area contributed by atoms with Crippen LogP contribution in [-0.4, -0.2) is 39.2 Å². The molecule has 1 aromatic carbocycles. The number of piperidine rings is 1. The lowest BCUT2D eigenvalue weighted by Crippen LogP contribution is -2.50. The van der Waals surface area contributed by atoms with E-state index >= 15 is 0 Å². The fourth-order valence-corrected chi connectivity index (χ4v) is 5.04. The molecule has 2 unspecified atom stereocenters. The number of fused-ring (bicyclic) bond motifs is 1. The summed E-state index contributed by atoms with van der Waals surface area (Å²) in [6.45, 7) is 0.823. The number of rotatable bonds is 3. The minimum Gasteiger partial charge on any atom is -0.334 e. The first-order valence-corrected chi connectivity index (χ1v) is 10.6. The van der Waals surface area contributed by atoms with Gasteiger partial charge in [-0.05, 0) is 62.1 Å². The molecule has 0 bridgehead atoms. The van der Waals surface area contributed by atoms with Crippen molar-refractivity contribution in [1.29, 1.82) is 0 Å². The number of imidazole rings is 1. The highest BCUT2D eigenvalue weighted by molar-refractivity contribution is 7.98. The Bertz CT molecular complexity index is 787. The van der Waals surface area contributed by atoms with E-state index < -0.39 is 0 Å². The third-order valence-electron chi connectivity index (χ3n) is 5.72. The molecule has 1 saturated heterocycles. The van der Waals surface area contributed by atoms with E-state index in [1.807, 2.05) is 10.8 Å². The summed E-state index contributed by atoms with van der Waals surface area (Å²) in [5.74, 6) is 0.413. The van der Waals surface area contributed by atoms with Crippen molar-refractivity contribution >= 4 is 17.7 Å². The van der Waals surface area contributed by atoms with Crippen LogP contribution in [0, 0.1) is 11.7 Å². The monoisotopic (exact) mass is 373 g/mol. The summed E-state index contributed by atoms with van der Waals surface area (Å²) >= 11 is 1.49. The van der Waals surface area contributed by atoms with Crippen LogP contribution >= 0.6 is 11.8 Å². The third kappa shape index (κ3) is 3.15. The Morgan fingerprint density at radius 2 is 1.88 bits per heavy atom. The summed E-state index contributed by atoms with van der Waals surface area (Å²) in [4.78, 5) is 19.9. The number of carbonyl (C=O) groups excluding carboxylic acids is 1. The van der Waals surface area contributed by atoms with Crippen LogP contribution in [0.1, 0.15) is 49.0 Å². The molecule has 2 aliphatic rings. The number of thioether (sulfide) groups is 1. The second-order valence-electron chi connectivity index (χ2n) is 7.19. The molecule has 138 valence electrons. The molecule has 0 radical (unpaired) electrons. The lowest BCUT2D eigenvalue weighted by molar-refractivity contribution is 0.0383. The topological polar surface area (TPSA) is 38.1 Å². The first-order valence-electron chi connectivity index (χ1n) is 9.37. The van der Waals surface area contributed by atoms with E-state index in [9.17, 15) is 9.18 Å². The van der Waals surface area contributed by atoms with Gasteiger partial charge in [-0.2, -0.15) is 0 Å². The maximum absolute atomic E-state index is 13.4. The van der Waals surface area contributed by atoms with Crippen LogP contribution in [0.15, 0.2) is 35.6 Å². The highest BCUT2D eigenvalue weighted by atomic mass is 32.2. The third-order valence-corrected chi connectivity index (χ3v) is 6.37. The van der Waals surface area contributed by atoms with Gasteiger partial charge in [-0.3, -0.25) is 9.36 Å². The van der Waals surface area contributed by atoms with Crippen LogP contribution in [0.2, 0.25) is 0 Å².